The van der Waals surface area contributed by atoms with E-state index in [2.05, 4.69) is 5.10 Å². The number of nitrogens with zero attached hydrogens (tertiary/aromatic N) is 3. The van der Waals surface area contributed by atoms with E-state index in [1.165, 1.54) is 28.4 Å². The average Bonchev–Trinajstić information content (AvgIpc) is 2.95. The molecule has 0 saturated heterocycles. The van der Waals surface area contributed by atoms with Gasteiger partial charge in [0.15, 0.2) is 0 Å². The average molecular weight is 608 g/mol. The summed E-state index contributed by atoms with van der Waals surface area (Å²) in [5.74, 6) is 1.41. The largest absolute Gasteiger partial charge is 0.497 e. The van der Waals surface area contributed by atoms with Crippen LogP contribution in [0.2, 0.25) is 0 Å². The van der Waals surface area contributed by atoms with Gasteiger partial charge in [0.25, 0.3) is 0 Å². The molecule has 0 aliphatic heterocycles. The molecule has 38 heavy (non-hydrogen) atoms. The normalized spacial score (nSPS) is 13.1. The van der Waals surface area contributed by atoms with Crippen molar-refractivity contribution in [2.45, 2.75) is 6.42 Å². The van der Waals surface area contributed by atoms with E-state index in [0.717, 1.165) is 16.9 Å². The van der Waals surface area contributed by atoms with Gasteiger partial charge in [-0.25, -0.2) is 4.78 Å². The molecular weight excluding hydrogens is 571 g/mol. The molecule has 2 aromatic carbocycles. The van der Waals surface area contributed by atoms with E-state index in [0.29, 0.717) is 18.7 Å². The molecule has 11 nitrogen and oxygen atoms in total. The number of ether oxygens (including phenoxy) is 1. The first-order valence-electron chi connectivity index (χ1n) is 11.4. The summed E-state index contributed by atoms with van der Waals surface area (Å²) in [5.41, 5.74) is 1.90. The molecule has 15 heteroatoms. The van der Waals surface area contributed by atoms with Crippen molar-refractivity contribution in [2.24, 2.45) is 5.10 Å². The SMILES string of the molecule is COc1ccc(/C=N/N(C)[PH](=S)Oc2ccc(CCN(CP(=O)(OC)OC)CP(=O)(OC)OC)cc2)cc1. The second-order valence-corrected chi connectivity index (χ2v) is 14.8. The first-order chi connectivity index (χ1) is 18.1. The van der Waals surface area contributed by atoms with E-state index in [9.17, 15) is 9.13 Å². The van der Waals surface area contributed by atoms with Crippen LogP contribution in [0.4, 0.5) is 0 Å². The molecule has 1 atom stereocenters. The number of rotatable bonds is 17. The molecule has 0 amide bonds. The van der Waals surface area contributed by atoms with Gasteiger partial charge in [0.1, 0.15) is 24.1 Å². The number of methoxy groups -OCH3 is 1. The zero-order valence-electron chi connectivity index (χ0n) is 22.4. The number of hydrazone groups is 1. The predicted molar refractivity (Wildman–Crippen MR) is 154 cm³/mol. The lowest BCUT2D eigenvalue weighted by molar-refractivity contribution is 0.224. The Morgan fingerprint density at radius 1 is 0.842 bits per heavy atom. The van der Waals surface area contributed by atoms with Gasteiger partial charge in [-0.3, -0.25) is 14.0 Å². The van der Waals surface area contributed by atoms with Crippen LogP contribution in [0.25, 0.3) is 0 Å². The van der Waals surface area contributed by atoms with Crippen molar-refractivity contribution in [1.29, 1.82) is 0 Å². The second kappa shape index (κ2) is 15.9. The maximum Gasteiger partial charge on any atom is 0.344 e. The van der Waals surface area contributed by atoms with E-state index in [4.69, 9.17) is 39.2 Å². The van der Waals surface area contributed by atoms with Crippen LogP contribution in [0.3, 0.4) is 0 Å². The Morgan fingerprint density at radius 3 is 1.82 bits per heavy atom. The molecule has 0 saturated carbocycles. The Hall–Kier alpha value is -1.58. The quantitative estimate of drug-likeness (QED) is 0.133. The lowest BCUT2D eigenvalue weighted by Gasteiger charge is -2.27. The third-order valence-electron chi connectivity index (χ3n) is 5.46. The fourth-order valence-electron chi connectivity index (χ4n) is 3.12. The van der Waals surface area contributed by atoms with Gasteiger partial charge in [-0.1, -0.05) is 12.1 Å². The molecule has 0 fully saturated rings. The predicted octanol–water partition coefficient (Wildman–Crippen LogP) is 5.28. The molecule has 0 aromatic heterocycles. The Labute approximate surface area is 230 Å². The van der Waals surface area contributed by atoms with Crippen molar-refractivity contribution in [3.63, 3.8) is 0 Å². The van der Waals surface area contributed by atoms with Gasteiger partial charge in [0.05, 0.1) is 13.3 Å². The van der Waals surface area contributed by atoms with Crippen LogP contribution >= 0.6 is 22.3 Å². The summed E-state index contributed by atoms with van der Waals surface area (Å²) in [7, 11) is 0.0458. The molecule has 2 rings (SSSR count). The van der Waals surface area contributed by atoms with E-state index in [1.54, 1.807) is 30.1 Å². The van der Waals surface area contributed by atoms with Crippen LogP contribution in [0, 0.1) is 0 Å². The van der Waals surface area contributed by atoms with Gasteiger partial charge < -0.3 is 27.4 Å². The summed E-state index contributed by atoms with van der Waals surface area (Å²) in [6.07, 6.45) is 2.15. The summed E-state index contributed by atoms with van der Waals surface area (Å²) in [4.78, 5) is 1.69. The van der Waals surface area contributed by atoms with E-state index < -0.39 is 22.3 Å². The van der Waals surface area contributed by atoms with E-state index >= 15 is 0 Å². The number of hydrogen-bond donors (Lipinski definition) is 0. The fourth-order valence-corrected chi connectivity index (χ4v) is 6.56. The summed E-state index contributed by atoms with van der Waals surface area (Å²) in [6, 6.07) is 15.0. The van der Waals surface area contributed by atoms with Crippen molar-refractivity contribution >= 4 is 40.3 Å². The molecule has 2 aromatic rings. The van der Waals surface area contributed by atoms with Crippen molar-refractivity contribution < 1.29 is 36.5 Å². The molecule has 0 N–H and O–H groups in total. The monoisotopic (exact) mass is 607 g/mol. The maximum atomic E-state index is 12.7. The lowest BCUT2D eigenvalue weighted by atomic mass is 10.1. The third-order valence-corrected chi connectivity index (χ3v) is 11.3. The minimum Gasteiger partial charge on any atom is -0.497 e. The van der Waals surface area contributed by atoms with E-state index in [1.807, 2.05) is 48.5 Å². The fraction of sp³-hybridized carbons (Fsp3) is 0.435. The van der Waals surface area contributed by atoms with Gasteiger partial charge in [-0.2, -0.15) is 5.10 Å². The van der Waals surface area contributed by atoms with Crippen LogP contribution in [0.5, 0.6) is 11.5 Å². The Morgan fingerprint density at radius 2 is 1.34 bits per heavy atom. The van der Waals surface area contributed by atoms with Crippen LogP contribution in [-0.4, -0.2) is 77.6 Å². The van der Waals surface area contributed by atoms with Crippen LogP contribution < -0.4 is 9.26 Å². The summed E-state index contributed by atoms with van der Waals surface area (Å²) in [6.45, 7) is 0.409. The van der Waals surface area contributed by atoms with Gasteiger partial charge in [-0.15, -0.1) is 0 Å². The molecule has 0 aliphatic carbocycles. The molecule has 1 unspecified atom stereocenters. The highest BCUT2D eigenvalue weighted by molar-refractivity contribution is 8.02. The minimum atomic E-state index is -3.38. The minimum absolute atomic E-state index is 0.0664. The zero-order chi connectivity index (χ0) is 28.2. The third kappa shape index (κ3) is 10.5. The topological polar surface area (TPSA) is 108 Å². The van der Waals surface area contributed by atoms with Gasteiger partial charge >= 0.3 is 15.2 Å². The van der Waals surface area contributed by atoms with Gasteiger partial charge in [-0.05, 0) is 65.8 Å². The molecule has 0 heterocycles. The standard InChI is InChI=1S/C23H36N3O8P3S/c1-25(24-17-21-9-11-22(29-2)12-10-21)35(38)34-23-13-7-20(8-14-23)15-16-26(18-36(27,30-3)31-4)19-37(28,32-5)33-6/h7-14,17,35H,15-16,18-19H2,1-6H3/b24-17+. The van der Waals surface area contributed by atoms with Crippen molar-refractivity contribution in [3.05, 3.63) is 59.7 Å². The van der Waals surface area contributed by atoms with Crippen LogP contribution in [0.1, 0.15) is 11.1 Å². The van der Waals surface area contributed by atoms with E-state index in [-0.39, 0.29) is 12.6 Å². The first kappa shape index (κ1) is 32.6. The lowest BCUT2D eigenvalue weighted by Crippen LogP contribution is -2.29. The summed E-state index contributed by atoms with van der Waals surface area (Å²) < 4.78 is 58.3. The number of hydrogen-bond acceptors (Lipinski definition) is 11. The zero-order valence-corrected chi connectivity index (χ0v) is 26.0. The molecule has 0 aliphatic rings. The highest BCUT2D eigenvalue weighted by Gasteiger charge is 2.31. The second-order valence-electron chi connectivity index (χ2n) is 7.93. The highest BCUT2D eigenvalue weighted by atomic mass is 32.4. The number of benzene rings is 2. The Bertz CT molecular complexity index is 1110. The molecule has 0 spiro atoms. The summed E-state index contributed by atoms with van der Waals surface area (Å²) >= 11 is 5.53. The molecular formula is C23H36N3O8P3S. The van der Waals surface area contributed by atoms with Crippen LogP contribution in [0.15, 0.2) is 53.6 Å². The molecule has 0 radical (unpaired) electrons. The maximum absolute atomic E-state index is 12.7. The smallest absolute Gasteiger partial charge is 0.344 e. The Balaban J connectivity index is 1.98. The van der Waals surface area contributed by atoms with Crippen molar-refractivity contribution in [2.75, 3.05) is 61.7 Å². The first-order valence-corrected chi connectivity index (χ1v) is 17.4. The van der Waals surface area contributed by atoms with Gasteiger partial charge in [0.2, 0.25) is 7.07 Å². The van der Waals surface area contributed by atoms with Gasteiger partial charge in [0, 0.05) is 42.0 Å². The molecule has 0 bridgehead atoms. The highest BCUT2D eigenvalue weighted by Crippen LogP contribution is 2.51. The van der Waals surface area contributed by atoms with Crippen molar-refractivity contribution in [1.82, 2.24) is 9.68 Å². The molecule has 212 valence electrons. The summed E-state index contributed by atoms with van der Waals surface area (Å²) in [5, 5.41) is 4.39. The Kier molecular flexibility index (Phi) is 13.6. The van der Waals surface area contributed by atoms with Crippen molar-refractivity contribution in [3.8, 4) is 11.5 Å². The van der Waals surface area contributed by atoms with Crippen LogP contribution in [-0.2, 0) is 45.5 Å².